The van der Waals surface area contributed by atoms with E-state index in [2.05, 4.69) is 0 Å². The molecule has 0 aromatic heterocycles. The summed E-state index contributed by atoms with van der Waals surface area (Å²) in [6, 6.07) is 14.1. The molecule has 0 unspecified atom stereocenters. The molecule has 0 aliphatic rings. The van der Waals surface area contributed by atoms with E-state index in [4.69, 9.17) is 11.6 Å². The predicted molar refractivity (Wildman–Crippen MR) is 87.2 cm³/mol. The van der Waals surface area contributed by atoms with E-state index in [0.29, 0.717) is 5.02 Å². The standard InChI is InChI=1S/C17H14ClNO2/c1-13(15-7-11-17(12-8-15)19(20)21)3-2-4-14-5-9-16(18)10-6-14/h2-12H,1H3. The summed E-state index contributed by atoms with van der Waals surface area (Å²) in [4.78, 5) is 10.2. The van der Waals surface area contributed by atoms with Gasteiger partial charge in [0.15, 0.2) is 0 Å². The summed E-state index contributed by atoms with van der Waals surface area (Å²) in [7, 11) is 0. The van der Waals surface area contributed by atoms with Crippen molar-refractivity contribution < 1.29 is 4.92 Å². The van der Waals surface area contributed by atoms with Gasteiger partial charge in [0.1, 0.15) is 0 Å². The molecule has 0 saturated heterocycles. The van der Waals surface area contributed by atoms with Crippen molar-refractivity contribution in [3.8, 4) is 0 Å². The van der Waals surface area contributed by atoms with E-state index in [-0.39, 0.29) is 5.69 Å². The molecule has 2 aromatic carbocycles. The fourth-order valence-electron chi connectivity index (χ4n) is 1.82. The van der Waals surface area contributed by atoms with Gasteiger partial charge in [0, 0.05) is 17.2 Å². The van der Waals surface area contributed by atoms with Gasteiger partial charge in [0.05, 0.1) is 4.92 Å². The molecule has 0 saturated carbocycles. The summed E-state index contributed by atoms with van der Waals surface area (Å²) in [5.41, 5.74) is 3.16. The number of hydrogen-bond donors (Lipinski definition) is 0. The average molecular weight is 300 g/mol. The minimum absolute atomic E-state index is 0.100. The highest BCUT2D eigenvalue weighted by molar-refractivity contribution is 6.30. The van der Waals surface area contributed by atoms with E-state index in [1.807, 2.05) is 49.4 Å². The van der Waals surface area contributed by atoms with Gasteiger partial charge in [-0.05, 0) is 47.9 Å². The van der Waals surface area contributed by atoms with Gasteiger partial charge in [-0.1, -0.05) is 42.0 Å². The van der Waals surface area contributed by atoms with E-state index in [1.54, 1.807) is 12.1 Å². The number of halogens is 1. The first-order valence-corrected chi connectivity index (χ1v) is 6.79. The second-order valence-corrected chi connectivity index (χ2v) is 5.00. The molecule has 0 N–H and O–H groups in total. The van der Waals surface area contributed by atoms with Crippen LogP contribution in [0.15, 0.2) is 60.7 Å². The maximum Gasteiger partial charge on any atom is 0.269 e. The molecular weight excluding hydrogens is 286 g/mol. The zero-order valence-corrected chi connectivity index (χ0v) is 12.2. The second kappa shape index (κ2) is 6.86. The molecule has 3 nitrogen and oxygen atoms in total. The van der Waals surface area contributed by atoms with E-state index in [0.717, 1.165) is 16.7 Å². The van der Waals surface area contributed by atoms with Crippen LogP contribution in [0.5, 0.6) is 0 Å². The zero-order chi connectivity index (χ0) is 15.2. The lowest BCUT2D eigenvalue weighted by atomic mass is 10.1. The molecular formula is C17H14ClNO2. The number of nitro groups is 1. The molecule has 2 aromatic rings. The van der Waals surface area contributed by atoms with Gasteiger partial charge in [-0.25, -0.2) is 0 Å². The molecule has 0 aliphatic carbocycles. The van der Waals surface area contributed by atoms with Crippen molar-refractivity contribution in [2.75, 3.05) is 0 Å². The number of hydrogen-bond acceptors (Lipinski definition) is 2. The molecule has 0 aliphatic heterocycles. The summed E-state index contributed by atoms with van der Waals surface area (Å²) in [5.74, 6) is 0. The molecule has 0 heterocycles. The number of rotatable bonds is 4. The zero-order valence-electron chi connectivity index (χ0n) is 11.5. The number of nitro benzene ring substituents is 1. The van der Waals surface area contributed by atoms with Gasteiger partial charge in [-0.15, -0.1) is 0 Å². The van der Waals surface area contributed by atoms with E-state index in [1.165, 1.54) is 12.1 Å². The smallest absolute Gasteiger partial charge is 0.258 e. The van der Waals surface area contributed by atoms with E-state index >= 15 is 0 Å². The minimum Gasteiger partial charge on any atom is -0.258 e. The topological polar surface area (TPSA) is 43.1 Å². The van der Waals surface area contributed by atoms with Gasteiger partial charge < -0.3 is 0 Å². The highest BCUT2D eigenvalue weighted by Gasteiger charge is 2.03. The number of non-ortho nitro benzene ring substituents is 1. The molecule has 0 atom stereocenters. The van der Waals surface area contributed by atoms with Gasteiger partial charge >= 0.3 is 0 Å². The Hall–Kier alpha value is -2.39. The van der Waals surface area contributed by atoms with Crippen molar-refractivity contribution in [1.29, 1.82) is 0 Å². The Morgan fingerprint density at radius 3 is 2.29 bits per heavy atom. The maximum atomic E-state index is 10.6. The van der Waals surface area contributed by atoms with Crippen LogP contribution >= 0.6 is 11.6 Å². The second-order valence-electron chi connectivity index (χ2n) is 4.56. The van der Waals surface area contributed by atoms with Crippen molar-refractivity contribution in [3.63, 3.8) is 0 Å². The van der Waals surface area contributed by atoms with Crippen LogP contribution in [0.4, 0.5) is 5.69 Å². The van der Waals surface area contributed by atoms with Gasteiger partial charge in [0.25, 0.3) is 5.69 Å². The molecule has 2 rings (SSSR count). The first kappa shape index (κ1) is 15.0. The van der Waals surface area contributed by atoms with Crippen molar-refractivity contribution in [2.24, 2.45) is 0 Å². The largest absolute Gasteiger partial charge is 0.269 e. The Bertz CT molecular complexity index is 686. The van der Waals surface area contributed by atoms with Crippen LogP contribution in [0.3, 0.4) is 0 Å². The van der Waals surface area contributed by atoms with Crippen LogP contribution in [0.2, 0.25) is 5.02 Å². The summed E-state index contributed by atoms with van der Waals surface area (Å²) in [6.07, 6.45) is 5.89. The highest BCUT2D eigenvalue weighted by atomic mass is 35.5. The third kappa shape index (κ3) is 4.29. The highest BCUT2D eigenvalue weighted by Crippen LogP contribution is 2.18. The van der Waals surface area contributed by atoms with Crippen LogP contribution in [0, 0.1) is 10.1 Å². The Morgan fingerprint density at radius 2 is 1.71 bits per heavy atom. The number of allylic oxidation sites excluding steroid dienone is 3. The van der Waals surface area contributed by atoms with Crippen molar-refractivity contribution in [2.45, 2.75) is 6.92 Å². The fraction of sp³-hybridized carbons (Fsp3) is 0.0588. The van der Waals surface area contributed by atoms with Crippen molar-refractivity contribution >= 4 is 28.9 Å². The lowest BCUT2D eigenvalue weighted by Gasteiger charge is -1.99. The molecule has 0 amide bonds. The van der Waals surface area contributed by atoms with Crippen LogP contribution in [-0.2, 0) is 0 Å². The van der Waals surface area contributed by atoms with Crippen LogP contribution < -0.4 is 0 Å². The molecule has 0 fully saturated rings. The summed E-state index contributed by atoms with van der Waals surface area (Å²) in [6.45, 7) is 1.97. The summed E-state index contributed by atoms with van der Waals surface area (Å²) < 4.78 is 0. The SMILES string of the molecule is CC(=CC=Cc1ccc(Cl)cc1)c1ccc([N+](=O)[O-])cc1. The van der Waals surface area contributed by atoms with E-state index < -0.39 is 4.92 Å². The minimum atomic E-state index is -0.400. The van der Waals surface area contributed by atoms with Crippen molar-refractivity contribution in [1.82, 2.24) is 0 Å². The van der Waals surface area contributed by atoms with Crippen LogP contribution in [0.25, 0.3) is 11.6 Å². The Kier molecular flexibility index (Phi) is 4.90. The quantitative estimate of drug-likeness (QED) is 0.433. The number of nitrogens with zero attached hydrogens (tertiary/aromatic N) is 1. The summed E-state index contributed by atoms with van der Waals surface area (Å²) in [5, 5.41) is 11.3. The molecule has 106 valence electrons. The maximum absolute atomic E-state index is 10.6. The van der Waals surface area contributed by atoms with Crippen LogP contribution in [-0.4, -0.2) is 4.92 Å². The molecule has 0 bridgehead atoms. The average Bonchev–Trinajstić information content (AvgIpc) is 2.49. The molecule has 21 heavy (non-hydrogen) atoms. The molecule has 0 radical (unpaired) electrons. The van der Waals surface area contributed by atoms with Crippen molar-refractivity contribution in [3.05, 3.63) is 86.9 Å². The third-order valence-corrected chi connectivity index (χ3v) is 3.29. The third-order valence-electron chi connectivity index (χ3n) is 3.04. The normalized spacial score (nSPS) is 11.8. The summed E-state index contributed by atoms with van der Waals surface area (Å²) >= 11 is 5.83. The first-order chi connectivity index (χ1) is 10.1. The lowest BCUT2D eigenvalue weighted by molar-refractivity contribution is -0.384. The Morgan fingerprint density at radius 1 is 1.10 bits per heavy atom. The first-order valence-electron chi connectivity index (χ1n) is 6.41. The lowest BCUT2D eigenvalue weighted by Crippen LogP contribution is -1.87. The fourth-order valence-corrected chi connectivity index (χ4v) is 1.95. The van der Waals surface area contributed by atoms with E-state index in [9.17, 15) is 10.1 Å². The van der Waals surface area contributed by atoms with Gasteiger partial charge in [0.2, 0.25) is 0 Å². The van der Waals surface area contributed by atoms with Gasteiger partial charge in [-0.3, -0.25) is 10.1 Å². The predicted octanol–water partition coefficient (Wildman–Crippen LogP) is 5.36. The number of benzene rings is 2. The van der Waals surface area contributed by atoms with Gasteiger partial charge in [-0.2, -0.15) is 0 Å². The molecule has 4 heteroatoms. The molecule has 0 spiro atoms. The Labute approximate surface area is 128 Å². The monoisotopic (exact) mass is 299 g/mol. The Balaban J connectivity index is 2.09. The van der Waals surface area contributed by atoms with Crippen LogP contribution in [0.1, 0.15) is 18.1 Å².